The van der Waals surface area contributed by atoms with Gasteiger partial charge < -0.3 is 18.9 Å². The van der Waals surface area contributed by atoms with Crippen molar-refractivity contribution in [1.29, 1.82) is 0 Å². The van der Waals surface area contributed by atoms with E-state index in [-0.39, 0.29) is 18.5 Å². The molecule has 3 aliphatic rings. The first kappa shape index (κ1) is 20.3. The van der Waals surface area contributed by atoms with Crippen LogP contribution in [-0.2, 0) is 18.9 Å². The third kappa shape index (κ3) is 5.79. The van der Waals surface area contributed by atoms with E-state index >= 15 is 0 Å². The Balaban J connectivity index is 1.34. The van der Waals surface area contributed by atoms with Crippen LogP contribution in [0.15, 0.2) is 12.2 Å². The third-order valence-corrected chi connectivity index (χ3v) is 6.17. The molecule has 0 aromatic rings. The first-order valence-corrected chi connectivity index (χ1v) is 10.9. The van der Waals surface area contributed by atoms with Crippen LogP contribution in [0.1, 0.15) is 65.2 Å². The summed E-state index contributed by atoms with van der Waals surface area (Å²) in [6.07, 6.45) is 14.6. The molecule has 0 N–H and O–H groups in total. The Morgan fingerprint density at radius 2 is 1.38 bits per heavy atom. The predicted octanol–water partition coefficient (Wildman–Crippen LogP) is 4.93. The summed E-state index contributed by atoms with van der Waals surface area (Å²) < 4.78 is 24.0. The Labute approximate surface area is 159 Å². The zero-order chi connectivity index (χ0) is 18.2. The summed E-state index contributed by atoms with van der Waals surface area (Å²) in [6.45, 7) is 7.30. The van der Waals surface area contributed by atoms with Crippen LogP contribution < -0.4 is 0 Å². The molecule has 4 heteroatoms. The highest BCUT2D eigenvalue weighted by atomic mass is 16.7. The maximum absolute atomic E-state index is 6.10. The minimum atomic E-state index is -0.174. The lowest BCUT2D eigenvalue weighted by molar-refractivity contribution is -0.288. The molecule has 0 atom stereocenters. The molecule has 150 valence electrons. The van der Waals surface area contributed by atoms with Crippen LogP contribution in [0.5, 0.6) is 0 Å². The minimum absolute atomic E-state index is 0.0119. The Morgan fingerprint density at radius 1 is 0.769 bits per heavy atom. The molecule has 0 bridgehead atoms. The van der Waals surface area contributed by atoms with Gasteiger partial charge in [0.05, 0.1) is 32.3 Å². The average Bonchev–Trinajstić information content (AvgIpc) is 2.72. The summed E-state index contributed by atoms with van der Waals surface area (Å²) >= 11 is 0. The first-order valence-electron chi connectivity index (χ1n) is 10.9. The van der Waals surface area contributed by atoms with Crippen LogP contribution in [0.25, 0.3) is 0 Å². The lowest BCUT2D eigenvalue weighted by atomic mass is 9.79. The van der Waals surface area contributed by atoms with Crippen molar-refractivity contribution >= 4 is 0 Å². The summed E-state index contributed by atoms with van der Waals surface area (Å²) in [7, 11) is 0. The normalized spacial score (nSPS) is 39.3. The van der Waals surface area contributed by atoms with Crippen LogP contribution >= 0.6 is 0 Å². The van der Waals surface area contributed by atoms with Gasteiger partial charge in [0.15, 0.2) is 12.6 Å². The molecule has 2 heterocycles. The Hall–Kier alpha value is -0.420. The Kier molecular flexibility index (Phi) is 8.44. The lowest BCUT2D eigenvalue weighted by Gasteiger charge is -2.40. The Bertz CT molecular complexity index is 400. The van der Waals surface area contributed by atoms with Crippen LogP contribution in [0.4, 0.5) is 0 Å². The SMILES string of the molecule is CCC=CC1COC(C2COC(C3CCC(CCCC)CC3)OC2)OC1. The van der Waals surface area contributed by atoms with Gasteiger partial charge in [-0.25, -0.2) is 0 Å². The molecule has 1 saturated carbocycles. The van der Waals surface area contributed by atoms with Gasteiger partial charge in [-0.1, -0.05) is 45.3 Å². The number of rotatable bonds is 7. The van der Waals surface area contributed by atoms with Crippen molar-refractivity contribution in [2.24, 2.45) is 23.7 Å². The fourth-order valence-corrected chi connectivity index (χ4v) is 4.45. The fourth-order valence-electron chi connectivity index (χ4n) is 4.45. The minimum Gasteiger partial charge on any atom is -0.352 e. The number of hydrogen-bond donors (Lipinski definition) is 0. The second-order valence-electron chi connectivity index (χ2n) is 8.35. The maximum atomic E-state index is 6.10. The molecule has 0 radical (unpaired) electrons. The molecule has 3 fully saturated rings. The number of unbranched alkanes of at least 4 members (excludes halogenated alkanes) is 1. The van der Waals surface area contributed by atoms with Gasteiger partial charge in [0.1, 0.15) is 0 Å². The monoisotopic (exact) mass is 366 g/mol. The second-order valence-corrected chi connectivity index (χ2v) is 8.35. The average molecular weight is 367 g/mol. The van der Waals surface area contributed by atoms with Crippen molar-refractivity contribution in [2.75, 3.05) is 26.4 Å². The van der Waals surface area contributed by atoms with Gasteiger partial charge in [-0.3, -0.25) is 0 Å². The van der Waals surface area contributed by atoms with Crippen molar-refractivity contribution in [3.63, 3.8) is 0 Å². The van der Waals surface area contributed by atoms with E-state index in [9.17, 15) is 0 Å². The summed E-state index contributed by atoms with van der Waals surface area (Å²) in [5.74, 6) is 2.09. The third-order valence-electron chi connectivity index (χ3n) is 6.17. The molecular weight excluding hydrogens is 328 g/mol. The topological polar surface area (TPSA) is 36.9 Å². The lowest BCUT2D eigenvalue weighted by Crippen LogP contribution is -2.46. The quantitative estimate of drug-likeness (QED) is 0.599. The van der Waals surface area contributed by atoms with Crippen molar-refractivity contribution < 1.29 is 18.9 Å². The fraction of sp³-hybridized carbons (Fsp3) is 0.909. The van der Waals surface area contributed by atoms with Crippen molar-refractivity contribution in [3.8, 4) is 0 Å². The van der Waals surface area contributed by atoms with Gasteiger partial charge in [0.2, 0.25) is 0 Å². The smallest absolute Gasteiger partial charge is 0.164 e. The summed E-state index contributed by atoms with van der Waals surface area (Å²) in [4.78, 5) is 0. The molecule has 0 amide bonds. The van der Waals surface area contributed by atoms with Crippen LogP contribution in [0.2, 0.25) is 0 Å². The van der Waals surface area contributed by atoms with Crippen LogP contribution in [0, 0.1) is 23.7 Å². The zero-order valence-electron chi connectivity index (χ0n) is 16.7. The number of ether oxygens (including phenoxy) is 4. The summed E-state index contributed by atoms with van der Waals surface area (Å²) in [5, 5.41) is 0. The molecule has 0 unspecified atom stereocenters. The van der Waals surface area contributed by atoms with Gasteiger partial charge in [-0.05, 0) is 38.0 Å². The van der Waals surface area contributed by atoms with Crippen molar-refractivity contribution in [3.05, 3.63) is 12.2 Å². The Morgan fingerprint density at radius 3 is 2.00 bits per heavy atom. The molecule has 0 spiro atoms. The molecule has 0 aromatic carbocycles. The summed E-state index contributed by atoms with van der Waals surface area (Å²) in [5.41, 5.74) is 0. The van der Waals surface area contributed by atoms with E-state index in [0.29, 0.717) is 25.0 Å². The van der Waals surface area contributed by atoms with Gasteiger partial charge in [0.25, 0.3) is 0 Å². The van der Waals surface area contributed by atoms with Crippen LogP contribution in [-0.4, -0.2) is 39.0 Å². The summed E-state index contributed by atoms with van der Waals surface area (Å²) in [6, 6.07) is 0. The highest BCUT2D eigenvalue weighted by molar-refractivity contribution is 4.89. The van der Waals surface area contributed by atoms with Gasteiger partial charge in [-0.2, -0.15) is 0 Å². The number of hydrogen-bond acceptors (Lipinski definition) is 4. The second kappa shape index (κ2) is 10.8. The van der Waals surface area contributed by atoms with E-state index in [0.717, 1.165) is 25.6 Å². The van der Waals surface area contributed by atoms with E-state index in [1.807, 2.05) is 0 Å². The van der Waals surface area contributed by atoms with E-state index in [2.05, 4.69) is 26.0 Å². The van der Waals surface area contributed by atoms with E-state index < -0.39 is 0 Å². The molecule has 2 aliphatic heterocycles. The van der Waals surface area contributed by atoms with Crippen LogP contribution in [0.3, 0.4) is 0 Å². The van der Waals surface area contributed by atoms with Crippen molar-refractivity contribution in [1.82, 2.24) is 0 Å². The van der Waals surface area contributed by atoms with E-state index in [1.165, 1.54) is 44.9 Å². The molecule has 2 saturated heterocycles. The van der Waals surface area contributed by atoms with E-state index in [4.69, 9.17) is 18.9 Å². The van der Waals surface area contributed by atoms with Crippen molar-refractivity contribution in [2.45, 2.75) is 77.8 Å². The van der Waals surface area contributed by atoms with Gasteiger partial charge in [-0.15, -0.1) is 0 Å². The standard InChI is InChI=1S/C22H38O4/c1-3-5-7-17-9-11-19(12-10-17)21-25-15-20(16-26-21)22-23-13-18(14-24-22)8-6-4-2/h6,8,17-22H,3-5,7,9-16H2,1-2H3. The maximum Gasteiger partial charge on any atom is 0.164 e. The molecule has 3 rings (SSSR count). The highest BCUT2D eigenvalue weighted by Crippen LogP contribution is 2.36. The zero-order valence-corrected chi connectivity index (χ0v) is 16.7. The highest BCUT2D eigenvalue weighted by Gasteiger charge is 2.36. The molecule has 4 nitrogen and oxygen atoms in total. The van der Waals surface area contributed by atoms with Gasteiger partial charge >= 0.3 is 0 Å². The molecular formula is C22H38O4. The first-order chi connectivity index (χ1) is 12.8. The van der Waals surface area contributed by atoms with Gasteiger partial charge in [0, 0.05) is 11.8 Å². The number of allylic oxidation sites excluding steroid dienone is 1. The van der Waals surface area contributed by atoms with E-state index in [1.54, 1.807) is 0 Å². The predicted molar refractivity (Wildman–Crippen MR) is 103 cm³/mol. The molecule has 1 aliphatic carbocycles. The molecule has 26 heavy (non-hydrogen) atoms. The molecule has 0 aromatic heterocycles. The largest absolute Gasteiger partial charge is 0.352 e.